The number of nitrogens with zero attached hydrogens (tertiary/aromatic N) is 1. The number of hydrogen-bond acceptors (Lipinski definition) is 5. The molecule has 0 radical (unpaired) electrons. The Morgan fingerprint density at radius 1 is 1.19 bits per heavy atom. The molecule has 0 aliphatic heterocycles. The lowest BCUT2D eigenvalue weighted by molar-refractivity contribution is 0.0652. The summed E-state index contributed by atoms with van der Waals surface area (Å²) in [5.74, 6) is 0.0169. The molecule has 6 heteroatoms. The molecule has 0 spiro atoms. The van der Waals surface area contributed by atoms with Crippen LogP contribution < -0.4 is 9.47 Å². The van der Waals surface area contributed by atoms with Crippen LogP contribution in [0.5, 0.6) is 11.5 Å². The van der Waals surface area contributed by atoms with Crippen molar-refractivity contribution in [3.8, 4) is 22.8 Å². The number of benzene rings is 1. The Morgan fingerprint density at radius 3 is 2.29 bits per heavy atom. The minimum absolute atomic E-state index is 0.199. The zero-order valence-electron chi connectivity index (χ0n) is 12.3. The van der Waals surface area contributed by atoms with Gasteiger partial charge in [-0.1, -0.05) is 19.0 Å². The van der Waals surface area contributed by atoms with Crippen LogP contribution in [0.15, 0.2) is 22.7 Å². The van der Waals surface area contributed by atoms with E-state index in [1.165, 1.54) is 6.07 Å². The fraction of sp³-hybridized carbons (Fsp3) is 0.333. The Kier molecular flexibility index (Phi) is 4.16. The maximum Gasteiger partial charge on any atom is 0.374 e. The summed E-state index contributed by atoms with van der Waals surface area (Å²) in [6, 6.07) is 5.04. The first-order chi connectivity index (χ1) is 9.97. The number of carbonyl (C=O) groups is 1. The lowest BCUT2D eigenvalue weighted by Crippen LogP contribution is -1.98. The van der Waals surface area contributed by atoms with Crippen molar-refractivity contribution < 1.29 is 23.9 Å². The predicted molar refractivity (Wildman–Crippen MR) is 76.1 cm³/mol. The van der Waals surface area contributed by atoms with E-state index in [0.717, 1.165) is 11.1 Å². The highest BCUT2D eigenvalue weighted by Crippen LogP contribution is 2.38. The van der Waals surface area contributed by atoms with Crippen LogP contribution in [0.2, 0.25) is 0 Å². The second kappa shape index (κ2) is 5.87. The average molecular weight is 291 g/mol. The molecule has 0 atom stereocenters. The first-order valence-electron chi connectivity index (χ1n) is 6.44. The van der Waals surface area contributed by atoms with Gasteiger partial charge in [0.25, 0.3) is 0 Å². The van der Waals surface area contributed by atoms with Gasteiger partial charge in [0, 0.05) is 11.6 Å². The number of methoxy groups -OCH3 is 2. The smallest absolute Gasteiger partial charge is 0.374 e. The summed E-state index contributed by atoms with van der Waals surface area (Å²) < 4.78 is 15.4. The molecule has 2 rings (SSSR count). The molecule has 1 N–H and O–H groups in total. The first-order valence-corrected chi connectivity index (χ1v) is 6.44. The maximum atomic E-state index is 10.9. The number of rotatable bonds is 5. The summed E-state index contributed by atoms with van der Waals surface area (Å²) in [5.41, 5.74) is 2.19. The van der Waals surface area contributed by atoms with Crippen molar-refractivity contribution in [2.45, 2.75) is 19.8 Å². The predicted octanol–water partition coefficient (Wildman–Crippen LogP) is 3.18. The highest BCUT2D eigenvalue weighted by atomic mass is 16.5. The van der Waals surface area contributed by atoms with E-state index in [0.29, 0.717) is 17.2 Å². The van der Waals surface area contributed by atoms with Gasteiger partial charge < -0.3 is 19.1 Å². The zero-order chi connectivity index (χ0) is 15.6. The Morgan fingerprint density at radius 2 is 1.81 bits per heavy atom. The number of carboxylic acids is 1. The molecular weight excluding hydrogens is 274 g/mol. The number of hydrogen-bond donors (Lipinski definition) is 1. The number of aromatic nitrogens is 1. The summed E-state index contributed by atoms with van der Waals surface area (Å²) >= 11 is 0. The minimum atomic E-state index is -1.15. The van der Waals surface area contributed by atoms with Crippen LogP contribution in [0.1, 0.15) is 35.9 Å². The van der Waals surface area contributed by atoms with Crippen molar-refractivity contribution in [2.75, 3.05) is 14.2 Å². The average Bonchev–Trinajstić information content (AvgIpc) is 2.95. The molecule has 0 saturated heterocycles. The van der Waals surface area contributed by atoms with Crippen molar-refractivity contribution in [2.24, 2.45) is 0 Å². The molecule has 1 aromatic heterocycles. The lowest BCUT2D eigenvalue weighted by atomic mass is 9.94. The largest absolute Gasteiger partial charge is 0.493 e. The molecular formula is C15H17NO5. The fourth-order valence-corrected chi connectivity index (χ4v) is 2.10. The Hall–Kier alpha value is -2.50. The van der Waals surface area contributed by atoms with Crippen LogP contribution in [-0.4, -0.2) is 30.5 Å². The van der Waals surface area contributed by atoms with E-state index in [-0.39, 0.29) is 11.7 Å². The lowest BCUT2D eigenvalue weighted by Gasteiger charge is -2.15. The quantitative estimate of drug-likeness (QED) is 0.911. The zero-order valence-corrected chi connectivity index (χ0v) is 12.3. The van der Waals surface area contributed by atoms with Crippen molar-refractivity contribution in [3.63, 3.8) is 0 Å². The summed E-state index contributed by atoms with van der Waals surface area (Å²) in [5, 5.41) is 12.8. The normalized spacial score (nSPS) is 10.7. The van der Waals surface area contributed by atoms with Gasteiger partial charge in [-0.3, -0.25) is 0 Å². The molecule has 1 heterocycles. The van der Waals surface area contributed by atoms with Gasteiger partial charge in [0.1, 0.15) is 5.69 Å². The van der Waals surface area contributed by atoms with E-state index in [4.69, 9.17) is 19.1 Å². The highest BCUT2D eigenvalue weighted by Gasteiger charge is 2.19. The van der Waals surface area contributed by atoms with Gasteiger partial charge in [0.15, 0.2) is 11.5 Å². The second-order valence-electron chi connectivity index (χ2n) is 4.83. The molecule has 0 unspecified atom stereocenters. The number of aromatic carboxylic acids is 1. The molecule has 0 saturated carbocycles. The van der Waals surface area contributed by atoms with Crippen molar-refractivity contribution >= 4 is 5.97 Å². The molecule has 0 bridgehead atoms. The van der Waals surface area contributed by atoms with Gasteiger partial charge >= 0.3 is 5.97 Å². The van der Waals surface area contributed by atoms with Gasteiger partial charge in [-0.05, 0) is 23.6 Å². The summed E-state index contributed by atoms with van der Waals surface area (Å²) in [4.78, 5) is 10.9. The van der Waals surface area contributed by atoms with Crippen LogP contribution in [0.3, 0.4) is 0 Å². The van der Waals surface area contributed by atoms with E-state index >= 15 is 0 Å². The van der Waals surface area contributed by atoms with Crippen molar-refractivity contribution in [3.05, 3.63) is 29.5 Å². The van der Waals surface area contributed by atoms with E-state index < -0.39 is 5.97 Å². The third-order valence-corrected chi connectivity index (χ3v) is 3.17. The molecule has 6 nitrogen and oxygen atoms in total. The monoisotopic (exact) mass is 291 g/mol. The van der Waals surface area contributed by atoms with E-state index in [1.54, 1.807) is 20.3 Å². The molecule has 0 aliphatic rings. The Bertz CT molecular complexity index is 660. The Labute approximate surface area is 122 Å². The van der Waals surface area contributed by atoms with Gasteiger partial charge in [-0.15, -0.1) is 0 Å². The van der Waals surface area contributed by atoms with Gasteiger partial charge in [-0.2, -0.15) is 0 Å². The maximum absolute atomic E-state index is 10.9. The second-order valence-corrected chi connectivity index (χ2v) is 4.83. The third-order valence-electron chi connectivity index (χ3n) is 3.17. The molecule has 112 valence electrons. The summed E-state index contributed by atoms with van der Waals surface area (Å²) in [6.07, 6.45) is 0. The Balaban J connectivity index is 2.61. The van der Waals surface area contributed by atoms with Crippen molar-refractivity contribution in [1.29, 1.82) is 0 Å². The van der Waals surface area contributed by atoms with E-state index in [1.807, 2.05) is 19.9 Å². The number of carboxylic acid groups (broad SMARTS) is 1. The van der Waals surface area contributed by atoms with Gasteiger partial charge in [0.05, 0.1) is 14.2 Å². The molecule has 0 fully saturated rings. The van der Waals surface area contributed by atoms with Gasteiger partial charge in [0.2, 0.25) is 5.76 Å². The topological polar surface area (TPSA) is 81.8 Å². The molecule has 21 heavy (non-hydrogen) atoms. The van der Waals surface area contributed by atoms with Crippen LogP contribution >= 0.6 is 0 Å². The SMILES string of the molecule is COc1cc(-c2cc(C(=O)O)on2)c(C(C)C)cc1OC. The number of ether oxygens (including phenoxy) is 2. The fourth-order valence-electron chi connectivity index (χ4n) is 2.10. The molecule has 0 amide bonds. The minimum Gasteiger partial charge on any atom is -0.493 e. The van der Waals surface area contributed by atoms with Crippen LogP contribution in [0.25, 0.3) is 11.3 Å². The third kappa shape index (κ3) is 2.84. The van der Waals surface area contributed by atoms with Crippen LogP contribution in [-0.2, 0) is 0 Å². The first kappa shape index (κ1) is 14.9. The van der Waals surface area contributed by atoms with Gasteiger partial charge in [-0.25, -0.2) is 4.79 Å². The van der Waals surface area contributed by atoms with E-state index in [9.17, 15) is 4.79 Å². The molecule has 1 aromatic carbocycles. The van der Waals surface area contributed by atoms with Crippen LogP contribution in [0.4, 0.5) is 0 Å². The summed E-state index contributed by atoms with van der Waals surface area (Å²) in [6.45, 7) is 4.06. The summed E-state index contributed by atoms with van der Waals surface area (Å²) in [7, 11) is 3.11. The van der Waals surface area contributed by atoms with E-state index in [2.05, 4.69) is 5.16 Å². The highest BCUT2D eigenvalue weighted by molar-refractivity contribution is 5.86. The van der Waals surface area contributed by atoms with Crippen molar-refractivity contribution in [1.82, 2.24) is 5.16 Å². The standard InChI is InChI=1S/C15H17NO5/c1-8(2)9-5-12(19-3)13(20-4)6-10(9)11-7-14(15(17)18)21-16-11/h5-8H,1-4H3,(H,17,18). The van der Waals surface area contributed by atoms with Crippen LogP contribution in [0, 0.1) is 0 Å². The molecule has 2 aromatic rings. The molecule has 0 aliphatic carbocycles.